The third-order valence-electron chi connectivity index (χ3n) is 3.55. The summed E-state index contributed by atoms with van der Waals surface area (Å²) in [5.41, 5.74) is 0.489. The number of aliphatic carboxylic acids is 1. The minimum Gasteiger partial charge on any atom is -0.548 e. The van der Waals surface area contributed by atoms with E-state index in [0.717, 1.165) is 0 Å². The van der Waals surface area contributed by atoms with Gasteiger partial charge in [-0.05, 0) is 18.1 Å². The first-order valence-electron chi connectivity index (χ1n) is 7.19. The van der Waals surface area contributed by atoms with Crippen molar-refractivity contribution in [2.45, 2.75) is 26.3 Å². The molecule has 0 aliphatic carbocycles. The topological polar surface area (TPSA) is 99.7 Å². The Labute approximate surface area is 128 Å². The van der Waals surface area contributed by atoms with E-state index < -0.39 is 18.0 Å². The largest absolute Gasteiger partial charge is 0.548 e. The Kier molecular flexibility index (Phi) is 5.08. The molecule has 0 saturated heterocycles. The Morgan fingerprint density at radius 3 is 2.59 bits per heavy atom. The van der Waals surface area contributed by atoms with Crippen LogP contribution in [0.3, 0.4) is 0 Å². The van der Waals surface area contributed by atoms with Crippen molar-refractivity contribution in [1.29, 1.82) is 0 Å². The van der Waals surface area contributed by atoms with Crippen LogP contribution in [0, 0.1) is 5.92 Å². The normalized spacial score (nSPS) is 15.5. The van der Waals surface area contributed by atoms with Gasteiger partial charge in [-0.3, -0.25) is 0 Å². The number of anilines is 1. The molecule has 1 aliphatic heterocycles. The SMILES string of the molecule is CC[C@@H](C)[C@H](NC(=O)Nc1ccc2c(c1)OCCO2)C(=O)[O-]. The first-order chi connectivity index (χ1) is 10.5. The van der Waals surface area contributed by atoms with Crippen LogP contribution in [0.5, 0.6) is 11.5 Å². The molecule has 1 aromatic carbocycles. The fourth-order valence-corrected chi connectivity index (χ4v) is 2.10. The van der Waals surface area contributed by atoms with E-state index in [1.54, 1.807) is 25.1 Å². The lowest BCUT2D eigenvalue weighted by Crippen LogP contribution is -2.52. The van der Waals surface area contributed by atoms with E-state index >= 15 is 0 Å². The number of urea groups is 1. The molecule has 7 heteroatoms. The second kappa shape index (κ2) is 7.02. The molecule has 0 spiro atoms. The van der Waals surface area contributed by atoms with Gasteiger partial charge >= 0.3 is 6.03 Å². The first-order valence-corrected chi connectivity index (χ1v) is 7.19. The second-order valence-corrected chi connectivity index (χ2v) is 5.14. The van der Waals surface area contributed by atoms with Crippen LogP contribution >= 0.6 is 0 Å². The van der Waals surface area contributed by atoms with Gasteiger partial charge in [0.15, 0.2) is 11.5 Å². The fraction of sp³-hybridized carbons (Fsp3) is 0.467. The van der Waals surface area contributed by atoms with Crippen LogP contribution < -0.4 is 25.2 Å². The third-order valence-corrected chi connectivity index (χ3v) is 3.55. The summed E-state index contributed by atoms with van der Waals surface area (Å²) < 4.78 is 10.8. The van der Waals surface area contributed by atoms with Crippen molar-refractivity contribution in [3.8, 4) is 11.5 Å². The highest BCUT2D eigenvalue weighted by Crippen LogP contribution is 2.32. The van der Waals surface area contributed by atoms with Crippen LogP contribution in [0.15, 0.2) is 18.2 Å². The smallest absolute Gasteiger partial charge is 0.319 e. The van der Waals surface area contributed by atoms with Crippen molar-refractivity contribution < 1.29 is 24.2 Å². The molecule has 0 saturated carbocycles. The predicted octanol–water partition coefficient (Wildman–Crippen LogP) is 0.744. The molecule has 0 unspecified atom stereocenters. The van der Waals surface area contributed by atoms with E-state index in [1.165, 1.54) is 0 Å². The van der Waals surface area contributed by atoms with E-state index in [2.05, 4.69) is 10.6 Å². The van der Waals surface area contributed by atoms with Crippen LogP contribution in [0.2, 0.25) is 0 Å². The van der Waals surface area contributed by atoms with E-state index in [-0.39, 0.29) is 5.92 Å². The maximum atomic E-state index is 11.9. The minimum atomic E-state index is -1.30. The Balaban J connectivity index is 2.00. The lowest BCUT2D eigenvalue weighted by Gasteiger charge is -2.25. The first kappa shape index (κ1) is 15.9. The van der Waals surface area contributed by atoms with Gasteiger partial charge in [0.05, 0.1) is 12.0 Å². The summed E-state index contributed by atoms with van der Waals surface area (Å²) in [5.74, 6) is -0.366. The fourth-order valence-electron chi connectivity index (χ4n) is 2.10. The van der Waals surface area contributed by atoms with Gasteiger partial charge in [0.2, 0.25) is 0 Å². The van der Waals surface area contributed by atoms with Crippen molar-refractivity contribution in [1.82, 2.24) is 5.32 Å². The summed E-state index contributed by atoms with van der Waals surface area (Å²) in [6, 6.07) is 3.33. The van der Waals surface area contributed by atoms with E-state index in [1.807, 2.05) is 6.92 Å². The van der Waals surface area contributed by atoms with E-state index in [4.69, 9.17) is 9.47 Å². The molecular formula is C15H19N2O5-. The molecule has 0 aromatic heterocycles. The summed E-state index contributed by atoms with van der Waals surface area (Å²) in [6.07, 6.45) is 0.614. The minimum absolute atomic E-state index is 0.226. The molecule has 0 radical (unpaired) electrons. The van der Waals surface area contributed by atoms with Gasteiger partial charge in [0, 0.05) is 11.8 Å². The zero-order valence-corrected chi connectivity index (χ0v) is 12.5. The molecule has 2 amide bonds. The van der Waals surface area contributed by atoms with Gasteiger partial charge in [-0.25, -0.2) is 4.79 Å². The van der Waals surface area contributed by atoms with Crippen molar-refractivity contribution in [2.75, 3.05) is 18.5 Å². The van der Waals surface area contributed by atoms with E-state index in [0.29, 0.717) is 36.8 Å². The lowest BCUT2D eigenvalue weighted by atomic mass is 9.99. The van der Waals surface area contributed by atoms with Gasteiger partial charge in [-0.2, -0.15) is 0 Å². The highest BCUT2D eigenvalue weighted by atomic mass is 16.6. The summed E-state index contributed by atoms with van der Waals surface area (Å²) in [7, 11) is 0. The van der Waals surface area contributed by atoms with Gasteiger partial charge in [-0.15, -0.1) is 0 Å². The van der Waals surface area contributed by atoms with Gasteiger partial charge in [-0.1, -0.05) is 20.3 Å². The molecule has 1 aromatic rings. The molecule has 2 N–H and O–H groups in total. The number of amides is 2. The summed E-state index contributed by atoms with van der Waals surface area (Å²) in [5, 5.41) is 16.1. The maximum Gasteiger partial charge on any atom is 0.319 e. The molecule has 1 heterocycles. The van der Waals surface area contributed by atoms with Gasteiger partial charge < -0.3 is 30.0 Å². The summed E-state index contributed by atoms with van der Waals surface area (Å²) in [4.78, 5) is 23.0. The van der Waals surface area contributed by atoms with Crippen LogP contribution in [0.4, 0.5) is 10.5 Å². The number of carboxylic acid groups (broad SMARTS) is 1. The molecule has 0 bridgehead atoms. The Morgan fingerprint density at radius 2 is 1.95 bits per heavy atom. The molecule has 22 heavy (non-hydrogen) atoms. The van der Waals surface area contributed by atoms with Crippen LogP contribution in [0.1, 0.15) is 20.3 Å². The summed E-state index contributed by atoms with van der Waals surface area (Å²) in [6.45, 7) is 4.53. The van der Waals surface area contributed by atoms with E-state index in [9.17, 15) is 14.7 Å². The van der Waals surface area contributed by atoms with Crippen molar-refractivity contribution >= 4 is 17.7 Å². The Hall–Kier alpha value is -2.44. The molecular weight excluding hydrogens is 288 g/mol. The zero-order valence-electron chi connectivity index (χ0n) is 12.5. The maximum absolute atomic E-state index is 11.9. The summed E-state index contributed by atoms with van der Waals surface area (Å²) >= 11 is 0. The Morgan fingerprint density at radius 1 is 1.27 bits per heavy atom. The monoisotopic (exact) mass is 307 g/mol. The van der Waals surface area contributed by atoms with Crippen molar-refractivity contribution in [2.24, 2.45) is 5.92 Å². The number of hydrogen-bond donors (Lipinski definition) is 2. The number of nitrogens with one attached hydrogen (secondary N) is 2. The Bertz CT molecular complexity index is 561. The predicted molar refractivity (Wildman–Crippen MR) is 77.8 cm³/mol. The number of fused-ring (bicyclic) bond motifs is 1. The van der Waals surface area contributed by atoms with Crippen LogP contribution in [0.25, 0.3) is 0 Å². The second-order valence-electron chi connectivity index (χ2n) is 5.14. The average molecular weight is 307 g/mol. The highest BCUT2D eigenvalue weighted by Gasteiger charge is 2.20. The number of hydrogen-bond acceptors (Lipinski definition) is 5. The number of carboxylic acids is 1. The molecule has 2 rings (SSSR count). The zero-order chi connectivity index (χ0) is 16.1. The van der Waals surface area contributed by atoms with Crippen molar-refractivity contribution in [3.05, 3.63) is 18.2 Å². The number of rotatable bonds is 5. The molecule has 120 valence electrons. The average Bonchev–Trinajstić information content (AvgIpc) is 2.51. The van der Waals surface area contributed by atoms with Crippen LogP contribution in [-0.2, 0) is 4.79 Å². The molecule has 1 aliphatic rings. The number of carbonyl (C=O) groups excluding carboxylic acids is 2. The standard InChI is InChI=1S/C15H20N2O5/c1-3-9(2)13(14(18)19)17-15(20)16-10-4-5-11-12(8-10)22-7-6-21-11/h4-5,8-9,13H,3,6-7H2,1-2H3,(H,18,19)(H2,16,17,20)/p-1/t9-,13+/m1/s1. The van der Waals surface area contributed by atoms with Gasteiger partial charge in [0.25, 0.3) is 0 Å². The third kappa shape index (κ3) is 3.81. The van der Waals surface area contributed by atoms with Crippen molar-refractivity contribution in [3.63, 3.8) is 0 Å². The van der Waals surface area contributed by atoms with Crippen LogP contribution in [-0.4, -0.2) is 31.3 Å². The molecule has 0 fully saturated rings. The highest BCUT2D eigenvalue weighted by molar-refractivity contribution is 5.92. The number of benzene rings is 1. The number of ether oxygens (including phenoxy) is 2. The number of carbonyl (C=O) groups is 2. The lowest BCUT2D eigenvalue weighted by molar-refractivity contribution is -0.309. The molecule has 2 atom stereocenters. The quantitative estimate of drug-likeness (QED) is 0.836. The van der Waals surface area contributed by atoms with Gasteiger partial charge in [0.1, 0.15) is 13.2 Å². The molecule has 7 nitrogen and oxygen atoms in total.